The maximum absolute atomic E-state index is 6.08. The van der Waals surface area contributed by atoms with Crippen LogP contribution in [-0.2, 0) is 4.43 Å². The molecule has 1 aliphatic heterocycles. The molecule has 0 saturated carbocycles. The van der Waals surface area contributed by atoms with E-state index in [1.807, 2.05) is 0 Å². The van der Waals surface area contributed by atoms with E-state index < -0.39 is 15.0 Å². The Morgan fingerprint density at radius 3 is 1.89 bits per heavy atom. The molecule has 0 atom stereocenters. The second-order valence-electron chi connectivity index (χ2n) is 2.85. The summed E-state index contributed by atoms with van der Waals surface area (Å²) in [4.78, 5) is 0. The molecule has 0 amide bonds. The highest BCUT2D eigenvalue weighted by Crippen LogP contribution is 2.45. The highest BCUT2D eigenvalue weighted by atomic mass is 35.6. The van der Waals surface area contributed by atoms with E-state index in [1.54, 1.807) is 7.11 Å². The van der Waals surface area contributed by atoms with Gasteiger partial charge in [-0.15, -0.1) is 11.1 Å². The first kappa shape index (κ1) is 8.07. The Kier molecular flexibility index (Phi) is 2.01. The lowest BCUT2D eigenvalue weighted by atomic mass is 11.7. The highest BCUT2D eigenvalue weighted by Gasteiger charge is 2.55. The summed E-state index contributed by atoms with van der Waals surface area (Å²) in [7, 11) is -1.34. The summed E-state index contributed by atoms with van der Waals surface area (Å²) >= 11 is 12.1. The Balaban J connectivity index is 2.41. The standard InChI is InChI=1S/C4H10Cl2OSi2/c1-7-9(6)3-8(2,5)4-9/h3-4H2,1-2H3. The van der Waals surface area contributed by atoms with Crippen LogP contribution in [0.25, 0.3) is 0 Å². The van der Waals surface area contributed by atoms with Gasteiger partial charge in [-0.3, -0.25) is 0 Å². The van der Waals surface area contributed by atoms with Gasteiger partial charge in [0.25, 0.3) is 7.63 Å². The fraction of sp³-hybridized carbons (Fsp3) is 1.00. The van der Waals surface area contributed by atoms with Crippen LogP contribution in [0.1, 0.15) is 0 Å². The fourth-order valence-electron chi connectivity index (χ4n) is 1.19. The molecule has 0 aromatic carbocycles. The van der Waals surface area contributed by atoms with Crippen molar-refractivity contribution in [2.24, 2.45) is 0 Å². The van der Waals surface area contributed by atoms with Gasteiger partial charge in [0, 0.05) is 7.11 Å². The predicted molar refractivity (Wildman–Crippen MR) is 45.7 cm³/mol. The average Bonchev–Trinajstić information content (AvgIpc) is 1.61. The second kappa shape index (κ2) is 2.24. The third-order valence-electron chi connectivity index (χ3n) is 1.63. The van der Waals surface area contributed by atoms with Crippen LogP contribution in [0.15, 0.2) is 0 Å². The van der Waals surface area contributed by atoms with Crippen LogP contribution >= 0.6 is 22.2 Å². The lowest BCUT2D eigenvalue weighted by Crippen LogP contribution is -2.56. The second-order valence-corrected chi connectivity index (χ2v) is 15.5. The van der Waals surface area contributed by atoms with Gasteiger partial charge in [0.15, 0.2) is 7.38 Å². The Morgan fingerprint density at radius 2 is 1.78 bits per heavy atom. The number of rotatable bonds is 1. The van der Waals surface area contributed by atoms with Gasteiger partial charge in [0.1, 0.15) is 0 Å². The zero-order chi connectivity index (χ0) is 7.12. The minimum atomic E-state index is -1.70. The normalized spacial score (nSPS) is 50.7. The monoisotopic (exact) mass is 200 g/mol. The van der Waals surface area contributed by atoms with Gasteiger partial charge in [-0.05, 0) is 11.3 Å². The molecule has 1 heterocycles. The van der Waals surface area contributed by atoms with E-state index in [0.29, 0.717) is 0 Å². The third-order valence-corrected chi connectivity index (χ3v) is 17.8. The molecule has 0 radical (unpaired) electrons. The molecule has 9 heavy (non-hydrogen) atoms. The average molecular weight is 201 g/mol. The largest absolute Gasteiger partial charge is 0.407 e. The van der Waals surface area contributed by atoms with Gasteiger partial charge < -0.3 is 4.43 Å². The van der Waals surface area contributed by atoms with Crippen molar-refractivity contribution in [3.05, 3.63) is 0 Å². The van der Waals surface area contributed by atoms with Crippen LogP contribution in [0.5, 0.6) is 0 Å². The van der Waals surface area contributed by atoms with Crippen LogP contribution < -0.4 is 0 Å². The number of hydrogen-bond donors (Lipinski definition) is 0. The zero-order valence-corrected chi connectivity index (χ0v) is 9.09. The van der Waals surface area contributed by atoms with Crippen LogP contribution in [0.4, 0.5) is 0 Å². The van der Waals surface area contributed by atoms with E-state index in [1.165, 1.54) is 0 Å². The fourth-order valence-corrected chi connectivity index (χ4v) is 21.2. The molecular formula is C4H10Cl2OSi2. The molecule has 0 unspecified atom stereocenters. The molecule has 0 bridgehead atoms. The minimum Gasteiger partial charge on any atom is -0.407 e. The molecule has 1 aliphatic rings. The summed E-state index contributed by atoms with van der Waals surface area (Å²) in [5, 5.41) is 0. The van der Waals surface area contributed by atoms with Crippen molar-refractivity contribution in [2.75, 3.05) is 7.11 Å². The summed E-state index contributed by atoms with van der Waals surface area (Å²) in [6.07, 6.45) is 0. The highest BCUT2D eigenvalue weighted by molar-refractivity contribution is 7.43. The number of hydrogen-bond acceptors (Lipinski definition) is 1. The minimum absolute atomic E-state index is 1.01. The van der Waals surface area contributed by atoms with Crippen molar-refractivity contribution >= 4 is 37.2 Å². The predicted octanol–water partition coefficient (Wildman–Crippen LogP) is 2.22. The van der Waals surface area contributed by atoms with Crippen LogP contribution in [0.2, 0.25) is 17.9 Å². The molecule has 0 aromatic rings. The van der Waals surface area contributed by atoms with Crippen molar-refractivity contribution in [1.82, 2.24) is 0 Å². The van der Waals surface area contributed by atoms with E-state index in [9.17, 15) is 0 Å². The third kappa shape index (κ3) is 1.71. The SMILES string of the molecule is CO[Si]1(Cl)C[Si](C)(Cl)C1. The molecule has 1 rings (SSSR count). The first-order chi connectivity index (χ1) is 3.97. The molecule has 0 spiro atoms. The molecule has 1 nitrogen and oxygen atoms in total. The first-order valence-corrected chi connectivity index (χ1v) is 10.2. The van der Waals surface area contributed by atoms with Crippen molar-refractivity contribution < 1.29 is 4.43 Å². The molecule has 54 valence electrons. The molecule has 0 N–H and O–H groups in total. The summed E-state index contributed by atoms with van der Waals surface area (Å²) in [6.45, 7) is 2.14. The van der Waals surface area contributed by atoms with Gasteiger partial charge in [0.05, 0.1) is 0 Å². The molecule has 1 saturated heterocycles. The van der Waals surface area contributed by atoms with Gasteiger partial charge in [-0.25, -0.2) is 0 Å². The zero-order valence-electron chi connectivity index (χ0n) is 5.58. The smallest absolute Gasteiger partial charge is 0.286 e. The summed E-state index contributed by atoms with van der Waals surface area (Å²) in [5.41, 5.74) is 2.03. The quantitative estimate of drug-likeness (QED) is 0.467. The topological polar surface area (TPSA) is 9.23 Å². The van der Waals surface area contributed by atoms with E-state index in [4.69, 9.17) is 26.6 Å². The van der Waals surface area contributed by atoms with Crippen molar-refractivity contribution in [3.63, 3.8) is 0 Å². The van der Waals surface area contributed by atoms with Crippen molar-refractivity contribution in [3.8, 4) is 0 Å². The Bertz CT molecular complexity index is 120. The van der Waals surface area contributed by atoms with Gasteiger partial charge >= 0.3 is 0 Å². The Morgan fingerprint density at radius 1 is 1.33 bits per heavy atom. The van der Waals surface area contributed by atoms with Crippen LogP contribution in [0, 0.1) is 0 Å². The molecule has 0 aliphatic carbocycles. The maximum atomic E-state index is 6.08. The molecule has 0 aromatic heterocycles. The molecular weight excluding hydrogens is 191 g/mol. The summed E-state index contributed by atoms with van der Waals surface area (Å²) < 4.78 is 5.16. The first-order valence-electron chi connectivity index (χ1n) is 2.90. The lowest BCUT2D eigenvalue weighted by Gasteiger charge is -2.41. The maximum Gasteiger partial charge on any atom is 0.286 e. The van der Waals surface area contributed by atoms with E-state index in [2.05, 4.69) is 6.55 Å². The Labute approximate surface area is 66.8 Å². The van der Waals surface area contributed by atoms with Crippen molar-refractivity contribution in [2.45, 2.75) is 17.9 Å². The summed E-state index contributed by atoms with van der Waals surface area (Å²) in [6, 6.07) is 0. The number of halogens is 2. The van der Waals surface area contributed by atoms with Gasteiger partial charge in [0.2, 0.25) is 0 Å². The van der Waals surface area contributed by atoms with E-state index in [-0.39, 0.29) is 0 Å². The van der Waals surface area contributed by atoms with Gasteiger partial charge in [-0.2, -0.15) is 11.1 Å². The van der Waals surface area contributed by atoms with Crippen LogP contribution in [0.3, 0.4) is 0 Å². The Hall–Kier alpha value is 0.974. The molecule has 5 heteroatoms. The van der Waals surface area contributed by atoms with Crippen LogP contribution in [-0.4, -0.2) is 22.1 Å². The van der Waals surface area contributed by atoms with Crippen molar-refractivity contribution in [1.29, 1.82) is 0 Å². The molecule has 1 fully saturated rings. The van der Waals surface area contributed by atoms with E-state index >= 15 is 0 Å². The van der Waals surface area contributed by atoms with Gasteiger partial charge in [-0.1, -0.05) is 6.55 Å². The lowest BCUT2D eigenvalue weighted by molar-refractivity contribution is 0.413. The summed E-state index contributed by atoms with van der Waals surface area (Å²) in [5.74, 6) is 0. The van der Waals surface area contributed by atoms with E-state index in [0.717, 1.165) is 11.3 Å².